The Morgan fingerprint density at radius 3 is 1.71 bits per heavy atom. The van der Waals surface area contributed by atoms with Gasteiger partial charge in [0.2, 0.25) is 0 Å². The predicted molar refractivity (Wildman–Crippen MR) is 299 cm³/mol. The molecule has 324 valence electrons. The first-order valence-electron chi connectivity index (χ1n) is 23.4. The zero-order valence-electron chi connectivity index (χ0n) is 37.3. The number of benzene rings is 11. The average Bonchev–Trinajstić information content (AvgIpc) is 4.09. The summed E-state index contributed by atoms with van der Waals surface area (Å²) in [4.78, 5) is 4.81. The van der Waals surface area contributed by atoms with Crippen LogP contribution in [0.25, 0.3) is 89.7 Å². The Balaban J connectivity index is 0.917. The molecule has 0 spiro atoms. The van der Waals surface area contributed by atoms with Gasteiger partial charge in [-0.2, -0.15) is 0 Å². The molecule has 14 aromatic rings. The minimum Gasteiger partial charge on any atom is -0.310 e. The van der Waals surface area contributed by atoms with E-state index < -0.39 is 0 Å². The summed E-state index contributed by atoms with van der Waals surface area (Å²) in [5.74, 6) is 0. The number of hydrogen-bond acceptors (Lipinski definition) is 4. The minimum atomic E-state index is 1.10. The quantitative estimate of drug-likeness (QED) is 0.150. The summed E-state index contributed by atoms with van der Waals surface area (Å²) in [6, 6.07) is 91.0. The van der Waals surface area contributed by atoms with Crippen molar-refractivity contribution in [2.75, 3.05) is 9.80 Å². The van der Waals surface area contributed by atoms with Crippen LogP contribution in [-0.4, -0.2) is 4.57 Å². The third-order valence-electron chi connectivity index (χ3n) is 13.7. The molecule has 0 amide bonds. The molecule has 3 aromatic heterocycles. The summed E-state index contributed by atoms with van der Waals surface area (Å²) < 4.78 is 7.67. The second-order valence-electron chi connectivity index (χ2n) is 17.7. The Kier molecular flexibility index (Phi) is 9.26. The summed E-state index contributed by atoms with van der Waals surface area (Å²) in [5, 5.41) is 10.3. The number of thiophene rings is 2. The van der Waals surface area contributed by atoms with Gasteiger partial charge in [-0.05, 0) is 126 Å². The van der Waals surface area contributed by atoms with Gasteiger partial charge < -0.3 is 14.4 Å². The molecule has 0 fully saturated rings. The number of fused-ring (bicyclic) bond motifs is 12. The third-order valence-corrected chi connectivity index (χ3v) is 16.1. The normalized spacial score (nSPS) is 11.8. The van der Waals surface area contributed by atoms with Gasteiger partial charge in [0, 0.05) is 90.8 Å². The van der Waals surface area contributed by atoms with Crippen molar-refractivity contribution in [1.82, 2.24) is 4.57 Å². The summed E-state index contributed by atoms with van der Waals surface area (Å²) in [5.41, 5.74) is 12.5. The van der Waals surface area contributed by atoms with E-state index in [1.54, 1.807) is 0 Å². The molecule has 0 aliphatic carbocycles. The molecule has 3 nitrogen and oxygen atoms in total. The van der Waals surface area contributed by atoms with Crippen LogP contribution in [0.4, 0.5) is 34.1 Å². The molecule has 0 aliphatic heterocycles. The Morgan fingerprint density at radius 1 is 0.319 bits per heavy atom. The molecule has 0 atom stereocenters. The van der Waals surface area contributed by atoms with Crippen LogP contribution in [-0.2, 0) is 0 Å². The number of nitrogens with zero attached hydrogens (tertiary/aromatic N) is 3. The van der Waals surface area contributed by atoms with E-state index in [2.05, 4.69) is 263 Å². The first kappa shape index (κ1) is 39.7. The molecular formula is C64H41N3S2. The number of hydrogen-bond donors (Lipinski definition) is 0. The second-order valence-corrected chi connectivity index (χ2v) is 19.8. The number of rotatable bonds is 8. The van der Waals surface area contributed by atoms with Gasteiger partial charge >= 0.3 is 0 Å². The van der Waals surface area contributed by atoms with Gasteiger partial charge in [0.1, 0.15) is 0 Å². The van der Waals surface area contributed by atoms with Crippen LogP contribution >= 0.6 is 22.7 Å². The molecule has 0 bridgehead atoms. The topological polar surface area (TPSA) is 11.4 Å². The number of aromatic nitrogens is 1. The van der Waals surface area contributed by atoms with E-state index >= 15 is 0 Å². The van der Waals surface area contributed by atoms with Crippen LogP contribution < -0.4 is 9.80 Å². The van der Waals surface area contributed by atoms with Crippen LogP contribution in [0.15, 0.2) is 249 Å². The fourth-order valence-electron chi connectivity index (χ4n) is 10.7. The van der Waals surface area contributed by atoms with Crippen molar-refractivity contribution in [3.8, 4) is 16.8 Å². The Bertz CT molecular complexity index is 4250. The molecule has 14 rings (SSSR count). The van der Waals surface area contributed by atoms with Crippen LogP contribution in [0.1, 0.15) is 0 Å². The summed E-state index contributed by atoms with van der Waals surface area (Å²) in [6.45, 7) is 0. The van der Waals surface area contributed by atoms with E-state index in [1.165, 1.54) is 72.9 Å². The molecule has 0 N–H and O–H groups in total. The lowest BCUT2D eigenvalue weighted by Gasteiger charge is -2.28. The third kappa shape index (κ3) is 6.47. The second kappa shape index (κ2) is 16.1. The molecule has 5 heteroatoms. The summed E-state index contributed by atoms with van der Waals surface area (Å²) in [7, 11) is 0. The molecule has 0 saturated carbocycles. The fourth-order valence-corrected chi connectivity index (χ4v) is 13.0. The highest BCUT2D eigenvalue weighted by molar-refractivity contribution is 7.27. The van der Waals surface area contributed by atoms with Crippen molar-refractivity contribution in [3.63, 3.8) is 0 Å². The van der Waals surface area contributed by atoms with Crippen LogP contribution in [0.3, 0.4) is 0 Å². The molecular weight excluding hydrogens is 875 g/mol. The van der Waals surface area contributed by atoms with Crippen molar-refractivity contribution in [1.29, 1.82) is 0 Å². The van der Waals surface area contributed by atoms with Crippen LogP contribution in [0.2, 0.25) is 0 Å². The van der Waals surface area contributed by atoms with Crippen molar-refractivity contribution in [3.05, 3.63) is 249 Å². The largest absolute Gasteiger partial charge is 0.310 e. The maximum atomic E-state index is 2.43. The van der Waals surface area contributed by atoms with Gasteiger partial charge in [-0.15, -0.1) is 22.7 Å². The Morgan fingerprint density at radius 2 is 0.899 bits per heavy atom. The van der Waals surface area contributed by atoms with E-state index in [1.807, 2.05) is 22.7 Å². The monoisotopic (exact) mass is 915 g/mol. The zero-order chi connectivity index (χ0) is 45.4. The van der Waals surface area contributed by atoms with Crippen molar-refractivity contribution in [2.24, 2.45) is 0 Å². The first-order valence-corrected chi connectivity index (χ1v) is 25.0. The molecule has 0 aliphatic rings. The number of anilines is 6. The van der Waals surface area contributed by atoms with Gasteiger partial charge in [-0.3, -0.25) is 0 Å². The lowest BCUT2D eigenvalue weighted by Crippen LogP contribution is -2.11. The number of para-hydroxylation sites is 4. The Hall–Kier alpha value is -8.48. The Labute approximate surface area is 407 Å². The highest BCUT2D eigenvalue weighted by atomic mass is 32.1. The van der Waals surface area contributed by atoms with Gasteiger partial charge in [-0.1, -0.05) is 140 Å². The maximum absolute atomic E-state index is 2.43. The summed E-state index contributed by atoms with van der Waals surface area (Å²) >= 11 is 3.75. The van der Waals surface area contributed by atoms with E-state index in [0.717, 1.165) is 50.9 Å². The van der Waals surface area contributed by atoms with Gasteiger partial charge in [0.25, 0.3) is 0 Å². The highest BCUT2D eigenvalue weighted by Gasteiger charge is 2.23. The average molecular weight is 916 g/mol. The van der Waals surface area contributed by atoms with Crippen molar-refractivity contribution >= 4 is 130 Å². The SMILES string of the molecule is c1ccc(N(c2ccc(-c3ccccc3N(c3ccccc3)c3ccc4c(c3)c3c5c(ccc3n4-c3ccccc3)sc3ccccc35)cc2)c2ccc3sc4c5ccccc5ccc4c3c2)cc1. The highest BCUT2D eigenvalue weighted by Crippen LogP contribution is 2.48. The molecule has 0 unspecified atom stereocenters. The van der Waals surface area contributed by atoms with E-state index in [0.29, 0.717) is 0 Å². The molecule has 0 radical (unpaired) electrons. The lowest BCUT2D eigenvalue weighted by atomic mass is 10.0. The van der Waals surface area contributed by atoms with Crippen molar-refractivity contribution in [2.45, 2.75) is 0 Å². The van der Waals surface area contributed by atoms with E-state index in [-0.39, 0.29) is 0 Å². The molecule has 69 heavy (non-hydrogen) atoms. The molecule has 0 saturated heterocycles. The van der Waals surface area contributed by atoms with Crippen LogP contribution in [0.5, 0.6) is 0 Å². The van der Waals surface area contributed by atoms with Gasteiger partial charge in [-0.25, -0.2) is 0 Å². The fraction of sp³-hybridized carbons (Fsp3) is 0. The smallest absolute Gasteiger partial charge is 0.0548 e. The zero-order valence-corrected chi connectivity index (χ0v) is 39.0. The van der Waals surface area contributed by atoms with Gasteiger partial charge in [0.15, 0.2) is 0 Å². The molecule has 3 heterocycles. The van der Waals surface area contributed by atoms with Crippen LogP contribution in [0, 0.1) is 0 Å². The summed E-state index contributed by atoms with van der Waals surface area (Å²) in [6.07, 6.45) is 0. The van der Waals surface area contributed by atoms with E-state index in [4.69, 9.17) is 0 Å². The first-order chi connectivity index (χ1) is 34.2. The lowest BCUT2D eigenvalue weighted by molar-refractivity contribution is 1.18. The predicted octanol–water partition coefficient (Wildman–Crippen LogP) is 19.3. The van der Waals surface area contributed by atoms with Crippen molar-refractivity contribution < 1.29 is 0 Å². The standard InChI is InChI=1S/C64H41N3S2/c1-4-17-44(18-5-1)65(48-34-38-60-54(40-48)52-35-30-42-16-10-11-24-51(42)64(52)69-60)47-31-28-43(29-32-47)50-23-12-14-26-56(50)66(45-19-6-2-7-20-45)49-33-36-57-55(41-49)62-58(67(57)46-21-8-3-9-22-46)37-39-61-63(62)53-25-13-15-27-59(53)68-61/h1-41H. The minimum absolute atomic E-state index is 1.10. The van der Waals surface area contributed by atoms with E-state index in [9.17, 15) is 0 Å². The molecule has 11 aromatic carbocycles. The maximum Gasteiger partial charge on any atom is 0.0548 e. The van der Waals surface area contributed by atoms with Gasteiger partial charge in [0.05, 0.1) is 16.7 Å².